The highest BCUT2D eigenvalue weighted by Gasteiger charge is 2.32. The van der Waals surface area contributed by atoms with Crippen LogP contribution < -0.4 is 15.4 Å². The zero-order valence-electron chi connectivity index (χ0n) is 19.0. The quantitative estimate of drug-likeness (QED) is 0.506. The summed E-state index contributed by atoms with van der Waals surface area (Å²) in [5, 5.41) is 9.08. The monoisotopic (exact) mass is 453 g/mol. The molecule has 176 valence electrons. The van der Waals surface area contributed by atoms with Crippen LogP contribution in [0.1, 0.15) is 47.2 Å². The summed E-state index contributed by atoms with van der Waals surface area (Å²) in [7, 11) is 1.59. The second-order valence-corrected chi connectivity index (χ2v) is 8.15. The van der Waals surface area contributed by atoms with Crippen molar-refractivity contribution in [3.63, 3.8) is 0 Å². The summed E-state index contributed by atoms with van der Waals surface area (Å²) in [6.45, 7) is 0.772. The summed E-state index contributed by atoms with van der Waals surface area (Å²) in [6, 6.07) is 13.0. The number of hydrogen-bond acceptors (Lipinski definition) is 5. The molecule has 2 aromatic rings. The molecule has 1 heterocycles. The third kappa shape index (κ3) is 6.32. The van der Waals surface area contributed by atoms with Crippen molar-refractivity contribution in [2.75, 3.05) is 31.6 Å². The van der Waals surface area contributed by atoms with E-state index in [1.807, 2.05) is 42.5 Å². The van der Waals surface area contributed by atoms with Crippen molar-refractivity contribution in [2.24, 2.45) is 5.73 Å². The van der Waals surface area contributed by atoms with Gasteiger partial charge in [0.15, 0.2) is 0 Å². The maximum atomic E-state index is 13.3. The summed E-state index contributed by atoms with van der Waals surface area (Å²) in [4.78, 5) is 40.5. The molecule has 0 bridgehead atoms. The normalized spacial score (nSPS) is 13.6. The van der Waals surface area contributed by atoms with Gasteiger partial charge in [-0.25, -0.2) is 0 Å². The molecular formula is C25H31N3O5. The van der Waals surface area contributed by atoms with Crippen molar-refractivity contribution in [2.45, 2.75) is 38.6 Å². The number of carbonyl (C=O) groups is 3. The van der Waals surface area contributed by atoms with Crippen molar-refractivity contribution < 1.29 is 24.2 Å². The number of anilines is 1. The van der Waals surface area contributed by atoms with Crippen molar-refractivity contribution in [3.8, 4) is 5.75 Å². The van der Waals surface area contributed by atoms with E-state index in [2.05, 4.69) is 0 Å². The number of benzene rings is 2. The third-order valence-electron chi connectivity index (χ3n) is 5.76. The van der Waals surface area contributed by atoms with Crippen LogP contribution in [0.4, 0.5) is 5.69 Å². The van der Waals surface area contributed by atoms with Gasteiger partial charge in [0.25, 0.3) is 5.91 Å². The number of fused-ring (bicyclic) bond motifs is 1. The number of carboxylic acid groups (broad SMARTS) is 1. The Morgan fingerprint density at radius 3 is 2.45 bits per heavy atom. The Morgan fingerprint density at radius 2 is 1.79 bits per heavy atom. The zero-order chi connectivity index (χ0) is 23.8. The van der Waals surface area contributed by atoms with Crippen LogP contribution in [0.15, 0.2) is 42.5 Å². The second kappa shape index (κ2) is 11.5. The van der Waals surface area contributed by atoms with Crippen molar-refractivity contribution >= 4 is 23.5 Å². The molecule has 0 spiro atoms. The van der Waals surface area contributed by atoms with Crippen LogP contribution in [0, 0.1) is 0 Å². The Morgan fingerprint density at radius 1 is 1.06 bits per heavy atom. The molecular weight excluding hydrogens is 422 g/mol. The summed E-state index contributed by atoms with van der Waals surface area (Å²) < 4.78 is 5.20. The van der Waals surface area contributed by atoms with Gasteiger partial charge < -0.3 is 25.4 Å². The molecule has 0 saturated heterocycles. The molecule has 3 rings (SSSR count). The van der Waals surface area contributed by atoms with E-state index in [9.17, 15) is 14.4 Å². The molecule has 0 unspecified atom stereocenters. The van der Waals surface area contributed by atoms with E-state index >= 15 is 0 Å². The van der Waals surface area contributed by atoms with Crippen LogP contribution in [0.3, 0.4) is 0 Å². The van der Waals surface area contributed by atoms with Gasteiger partial charge in [-0.2, -0.15) is 0 Å². The zero-order valence-corrected chi connectivity index (χ0v) is 19.0. The number of nitrogens with zero attached hydrogens (tertiary/aromatic N) is 2. The third-order valence-corrected chi connectivity index (χ3v) is 5.76. The predicted octanol–water partition coefficient (Wildman–Crippen LogP) is 2.83. The first-order chi connectivity index (χ1) is 15.9. The fourth-order valence-electron chi connectivity index (χ4n) is 3.92. The van der Waals surface area contributed by atoms with Crippen LogP contribution in [-0.2, 0) is 22.6 Å². The standard InChI is InChI=1S/C25H31N3O5/c1-33-20-9-6-19(7-10-20)16-28-22-11-8-18(5-3-2-4-13-26)15-21(22)25(32)27(17-23(28)29)14-12-24(30)31/h6-11,15H,2-5,12-14,16-17,26H2,1H3,(H,30,31). The molecule has 1 aliphatic rings. The van der Waals surface area contributed by atoms with Crippen LogP contribution in [0.5, 0.6) is 5.75 Å². The van der Waals surface area contributed by atoms with Gasteiger partial charge in [0.2, 0.25) is 5.91 Å². The molecule has 0 atom stereocenters. The van der Waals surface area contributed by atoms with E-state index in [0.717, 1.165) is 42.6 Å². The van der Waals surface area contributed by atoms with Crippen molar-refractivity contribution in [1.82, 2.24) is 4.90 Å². The van der Waals surface area contributed by atoms with Crippen LogP contribution in [0.2, 0.25) is 0 Å². The fraction of sp³-hybridized carbons (Fsp3) is 0.400. The van der Waals surface area contributed by atoms with Crippen molar-refractivity contribution in [1.29, 1.82) is 0 Å². The number of aryl methyl sites for hydroxylation is 1. The van der Waals surface area contributed by atoms with Crippen LogP contribution in [-0.4, -0.2) is 54.5 Å². The highest BCUT2D eigenvalue weighted by atomic mass is 16.5. The Hall–Kier alpha value is -3.39. The average molecular weight is 454 g/mol. The Bertz CT molecular complexity index is 990. The second-order valence-electron chi connectivity index (χ2n) is 8.15. The topological polar surface area (TPSA) is 113 Å². The highest BCUT2D eigenvalue weighted by Crippen LogP contribution is 2.29. The van der Waals surface area contributed by atoms with Gasteiger partial charge >= 0.3 is 5.97 Å². The van der Waals surface area contributed by atoms with E-state index in [0.29, 0.717) is 24.3 Å². The number of nitrogens with two attached hydrogens (primary N) is 1. The summed E-state index contributed by atoms with van der Waals surface area (Å²) in [6.07, 6.45) is 3.51. The molecule has 2 aromatic carbocycles. The maximum absolute atomic E-state index is 13.3. The number of unbranched alkanes of at least 4 members (excludes halogenated alkanes) is 2. The molecule has 33 heavy (non-hydrogen) atoms. The highest BCUT2D eigenvalue weighted by molar-refractivity contribution is 6.09. The number of methoxy groups -OCH3 is 1. The minimum Gasteiger partial charge on any atom is -0.497 e. The lowest BCUT2D eigenvalue weighted by Crippen LogP contribution is -2.40. The van der Waals surface area contributed by atoms with Gasteiger partial charge in [-0.15, -0.1) is 0 Å². The van der Waals surface area contributed by atoms with E-state index in [1.165, 1.54) is 4.90 Å². The average Bonchev–Trinajstić information content (AvgIpc) is 2.91. The number of amides is 2. The first-order valence-corrected chi connectivity index (χ1v) is 11.2. The summed E-state index contributed by atoms with van der Waals surface area (Å²) in [5.74, 6) is -0.862. The van der Waals surface area contributed by atoms with E-state index in [-0.39, 0.29) is 31.3 Å². The molecule has 2 amide bonds. The summed E-state index contributed by atoms with van der Waals surface area (Å²) >= 11 is 0. The Kier molecular flexibility index (Phi) is 8.43. The Balaban J connectivity index is 1.92. The van der Waals surface area contributed by atoms with E-state index in [1.54, 1.807) is 12.0 Å². The Labute approximate surface area is 193 Å². The maximum Gasteiger partial charge on any atom is 0.305 e. The van der Waals surface area contributed by atoms with E-state index < -0.39 is 5.97 Å². The molecule has 0 aliphatic carbocycles. The van der Waals surface area contributed by atoms with Crippen LogP contribution in [0.25, 0.3) is 0 Å². The van der Waals surface area contributed by atoms with Gasteiger partial charge in [-0.05, 0) is 61.2 Å². The molecule has 1 aliphatic heterocycles. The fourth-order valence-corrected chi connectivity index (χ4v) is 3.92. The lowest BCUT2D eigenvalue weighted by atomic mass is 10.0. The predicted molar refractivity (Wildman–Crippen MR) is 125 cm³/mol. The molecule has 8 nitrogen and oxygen atoms in total. The molecule has 0 fully saturated rings. The van der Waals surface area contributed by atoms with Gasteiger partial charge in [0.1, 0.15) is 12.3 Å². The van der Waals surface area contributed by atoms with E-state index in [4.69, 9.17) is 15.6 Å². The van der Waals surface area contributed by atoms with Crippen molar-refractivity contribution in [3.05, 3.63) is 59.2 Å². The lowest BCUT2D eigenvalue weighted by Gasteiger charge is -2.23. The van der Waals surface area contributed by atoms with Crippen LogP contribution >= 0.6 is 0 Å². The molecule has 8 heteroatoms. The number of rotatable bonds is 11. The van der Waals surface area contributed by atoms with Gasteiger partial charge in [-0.1, -0.05) is 24.6 Å². The minimum atomic E-state index is -1.01. The smallest absolute Gasteiger partial charge is 0.305 e. The molecule has 0 radical (unpaired) electrons. The number of hydrogen-bond donors (Lipinski definition) is 2. The SMILES string of the molecule is COc1ccc(CN2C(=O)CN(CCC(=O)O)C(=O)c3cc(CCCCCN)ccc32)cc1. The molecule has 3 N–H and O–H groups in total. The summed E-state index contributed by atoms with van der Waals surface area (Å²) in [5.41, 5.74) is 8.45. The largest absolute Gasteiger partial charge is 0.497 e. The number of carboxylic acids is 1. The first-order valence-electron chi connectivity index (χ1n) is 11.2. The number of ether oxygens (including phenoxy) is 1. The van der Waals surface area contributed by atoms with Gasteiger partial charge in [0.05, 0.1) is 31.3 Å². The molecule has 0 aromatic heterocycles. The number of aliphatic carboxylic acids is 1. The first kappa shape index (κ1) is 24.3. The van der Waals surface area contributed by atoms with Gasteiger partial charge in [0, 0.05) is 6.54 Å². The van der Waals surface area contributed by atoms with Gasteiger partial charge in [-0.3, -0.25) is 14.4 Å². The minimum absolute atomic E-state index is 0.0174. The number of carbonyl (C=O) groups excluding carboxylic acids is 2. The lowest BCUT2D eigenvalue weighted by molar-refractivity contribution is -0.137. The molecule has 0 saturated carbocycles.